The van der Waals surface area contributed by atoms with Crippen LogP contribution in [0.15, 0.2) is 18.3 Å². The van der Waals surface area contributed by atoms with E-state index >= 15 is 0 Å². The lowest BCUT2D eigenvalue weighted by molar-refractivity contribution is 0.0505. The van der Waals surface area contributed by atoms with Gasteiger partial charge < -0.3 is 20.1 Å². The van der Waals surface area contributed by atoms with Crippen molar-refractivity contribution < 1.29 is 14.3 Å². The summed E-state index contributed by atoms with van der Waals surface area (Å²) in [6.07, 6.45) is 4.42. The molecule has 2 unspecified atom stereocenters. The number of amides is 1. The van der Waals surface area contributed by atoms with Crippen LogP contribution in [0, 0.1) is 0 Å². The summed E-state index contributed by atoms with van der Waals surface area (Å²) < 4.78 is 10.3. The first kappa shape index (κ1) is 17.5. The molecule has 1 heterocycles. The van der Waals surface area contributed by atoms with E-state index in [1.54, 1.807) is 7.11 Å². The Morgan fingerprint density at radius 3 is 2.65 bits per heavy atom. The maximum atomic E-state index is 11.8. The van der Waals surface area contributed by atoms with Crippen molar-refractivity contribution in [2.24, 2.45) is 0 Å². The zero-order valence-corrected chi connectivity index (χ0v) is 14.4. The smallest absolute Gasteiger partial charge is 0.407 e. The highest BCUT2D eigenvalue weighted by atomic mass is 16.6. The molecular weight excluding hydrogens is 294 g/mol. The van der Waals surface area contributed by atoms with Crippen LogP contribution in [-0.4, -0.2) is 35.9 Å². The van der Waals surface area contributed by atoms with Gasteiger partial charge >= 0.3 is 6.09 Å². The van der Waals surface area contributed by atoms with Gasteiger partial charge in [-0.25, -0.2) is 9.78 Å². The number of hydrogen-bond acceptors (Lipinski definition) is 5. The van der Waals surface area contributed by atoms with E-state index in [2.05, 4.69) is 15.6 Å². The van der Waals surface area contributed by atoms with Crippen LogP contribution in [0.3, 0.4) is 0 Å². The maximum absolute atomic E-state index is 11.8. The van der Waals surface area contributed by atoms with E-state index in [1.165, 1.54) is 0 Å². The van der Waals surface area contributed by atoms with E-state index in [4.69, 9.17) is 9.47 Å². The number of carbonyl (C=O) groups excluding carboxylic acids is 1. The Labute approximate surface area is 138 Å². The molecular formula is C17H27N3O3. The monoisotopic (exact) mass is 321 g/mol. The van der Waals surface area contributed by atoms with E-state index in [-0.39, 0.29) is 12.1 Å². The third-order valence-corrected chi connectivity index (χ3v) is 3.76. The summed E-state index contributed by atoms with van der Waals surface area (Å²) in [5.41, 5.74) is 0.663. The Bertz CT molecular complexity index is 511. The van der Waals surface area contributed by atoms with Gasteiger partial charge in [-0.3, -0.25) is 0 Å². The van der Waals surface area contributed by atoms with Crippen molar-refractivity contribution >= 4 is 6.09 Å². The van der Waals surface area contributed by atoms with Crippen molar-refractivity contribution in [3.05, 3.63) is 23.9 Å². The summed E-state index contributed by atoms with van der Waals surface area (Å²) in [5.74, 6) is 0.622. The molecule has 1 aromatic rings. The van der Waals surface area contributed by atoms with Crippen molar-refractivity contribution in [3.8, 4) is 5.88 Å². The summed E-state index contributed by atoms with van der Waals surface area (Å²) in [7, 11) is 1.61. The second-order valence-corrected chi connectivity index (χ2v) is 6.94. The van der Waals surface area contributed by atoms with Crippen molar-refractivity contribution in [3.63, 3.8) is 0 Å². The third-order valence-electron chi connectivity index (χ3n) is 3.76. The Morgan fingerprint density at radius 2 is 2.04 bits per heavy atom. The SMILES string of the molecule is COc1ccc(CNC2CCC(NC(=O)OC(C)(C)C)C2)cn1. The number of nitrogens with one attached hydrogen (secondary N) is 2. The van der Waals surface area contributed by atoms with Crippen LogP contribution in [0.5, 0.6) is 5.88 Å². The number of rotatable bonds is 5. The van der Waals surface area contributed by atoms with E-state index in [9.17, 15) is 4.79 Å². The number of methoxy groups -OCH3 is 1. The van der Waals surface area contributed by atoms with E-state index in [0.717, 1.165) is 31.4 Å². The van der Waals surface area contributed by atoms with Gasteiger partial charge in [-0.2, -0.15) is 0 Å². The largest absolute Gasteiger partial charge is 0.481 e. The first-order valence-electron chi connectivity index (χ1n) is 8.07. The first-order chi connectivity index (χ1) is 10.9. The fourth-order valence-corrected chi connectivity index (χ4v) is 2.67. The fraction of sp³-hybridized carbons (Fsp3) is 0.647. The lowest BCUT2D eigenvalue weighted by Gasteiger charge is -2.21. The Kier molecular flexibility index (Phi) is 5.82. The lowest BCUT2D eigenvalue weighted by Crippen LogP contribution is -2.38. The minimum atomic E-state index is -0.457. The molecule has 0 aromatic carbocycles. The second-order valence-electron chi connectivity index (χ2n) is 6.94. The molecule has 128 valence electrons. The van der Waals surface area contributed by atoms with Crippen LogP contribution in [0.1, 0.15) is 45.6 Å². The molecule has 1 aliphatic rings. The molecule has 2 rings (SSSR count). The van der Waals surface area contributed by atoms with Gasteiger partial charge in [-0.15, -0.1) is 0 Å². The molecule has 6 nitrogen and oxygen atoms in total. The minimum Gasteiger partial charge on any atom is -0.481 e. The Balaban J connectivity index is 1.71. The molecule has 1 fully saturated rings. The van der Waals surface area contributed by atoms with Crippen LogP contribution in [0.2, 0.25) is 0 Å². The number of ether oxygens (including phenoxy) is 2. The highest BCUT2D eigenvalue weighted by Gasteiger charge is 2.27. The van der Waals surface area contributed by atoms with Crippen molar-refractivity contribution in [1.82, 2.24) is 15.6 Å². The summed E-state index contributed by atoms with van der Waals surface area (Å²) in [5, 5.41) is 6.46. The molecule has 1 aromatic heterocycles. The van der Waals surface area contributed by atoms with Gasteiger partial charge in [0.2, 0.25) is 5.88 Å². The number of nitrogens with zero attached hydrogens (tertiary/aromatic N) is 1. The number of alkyl carbamates (subject to hydrolysis) is 1. The van der Waals surface area contributed by atoms with E-state index in [0.29, 0.717) is 11.9 Å². The highest BCUT2D eigenvalue weighted by molar-refractivity contribution is 5.68. The molecule has 0 bridgehead atoms. The normalized spacial score (nSPS) is 21.0. The number of hydrogen-bond donors (Lipinski definition) is 2. The molecule has 1 aliphatic carbocycles. The van der Waals surface area contributed by atoms with Crippen LogP contribution in [-0.2, 0) is 11.3 Å². The molecule has 0 radical (unpaired) electrons. The van der Waals surface area contributed by atoms with Crippen molar-refractivity contribution in [2.75, 3.05) is 7.11 Å². The average Bonchev–Trinajstić information content (AvgIpc) is 2.91. The predicted molar refractivity (Wildman–Crippen MR) is 88.4 cm³/mol. The van der Waals surface area contributed by atoms with Gasteiger partial charge in [0.15, 0.2) is 0 Å². The molecule has 0 spiro atoms. The van der Waals surface area contributed by atoms with Crippen LogP contribution in [0.4, 0.5) is 4.79 Å². The van der Waals surface area contributed by atoms with Gasteiger partial charge in [-0.05, 0) is 45.6 Å². The quantitative estimate of drug-likeness (QED) is 0.872. The van der Waals surface area contributed by atoms with Gasteiger partial charge in [0.1, 0.15) is 5.60 Å². The molecule has 0 aliphatic heterocycles. The zero-order chi connectivity index (χ0) is 16.9. The number of pyridine rings is 1. The topological polar surface area (TPSA) is 72.5 Å². The van der Waals surface area contributed by atoms with Gasteiger partial charge in [-0.1, -0.05) is 6.07 Å². The fourth-order valence-electron chi connectivity index (χ4n) is 2.67. The lowest BCUT2D eigenvalue weighted by atomic mass is 10.2. The maximum Gasteiger partial charge on any atom is 0.407 e. The Morgan fingerprint density at radius 1 is 1.30 bits per heavy atom. The molecule has 1 amide bonds. The Hall–Kier alpha value is -1.82. The van der Waals surface area contributed by atoms with Crippen LogP contribution in [0.25, 0.3) is 0 Å². The molecule has 0 saturated heterocycles. The van der Waals surface area contributed by atoms with Gasteiger partial charge in [0.05, 0.1) is 7.11 Å². The molecule has 6 heteroatoms. The predicted octanol–water partition coefficient (Wildman–Crippen LogP) is 2.63. The average molecular weight is 321 g/mol. The first-order valence-corrected chi connectivity index (χ1v) is 8.07. The van der Waals surface area contributed by atoms with Crippen LogP contribution >= 0.6 is 0 Å². The second kappa shape index (κ2) is 7.64. The summed E-state index contributed by atoms with van der Waals surface area (Å²) in [4.78, 5) is 16.0. The summed E-state index contributed by atoms with van der Waals surface area (Å²) in [6, 6.07) is 4.44. The minimum absolute atomic E-state index is 0.177. The highest BCUT2D eigenvalue weighted by Crippen LogP contribution is 2.20. The van der Waals surface area contributed by atoms with E-state index in [1.807, 2.05) is 39.1 Å². The number of carbonyl (C=O) groups is 1. The van der Waals surface area contributed by atoms with E-state index < -0.39 is 5.60 Å². The zero-order valence-electron chi connectivity index (χ0n) is 14.4. The molecule has 2 N–H and O–H groups in total. The van der Waals surface area contributed by atoms with Crippen molar-refractivity contribution in [1.29, 1.82) is 0 Å². The van der Waals surface area contributed by atoms with Crippen molar-refractivity contribution in [2.45, 2.75) is 64.3 Å². The van der Waals surface area contributed by atoms with Gasteiger partial charge in [0, 0.05) is 30.9 Å². The summed E-state index contributed by atoms with van der Waals surface area (Å²) >= 11 is 0. The molecule has 23 heavy (non-hydrogen) atoms. The summed E-state index contributed by atoms with van der Waals surface area (Å²) in [6.45, 7) is 6.37. The standard InChI is InChI=1S/C17H27N3O3/c1-17(2,3)23-16(21)20-14-7-6-13(9-14)18-10-12-5-8-15(22-4)19-11-12/h5,8,11,13-14,18H,6-7,9-10H2,1-4H3,(H,20,21). The third kappa shape index (κ3) is 6.06. The van der Waals surface area contributed by atoms with Crippen LogP contribution < -0.4 is 15.4 Å². The molecule has 1 saturated carbocycles. The number of aromatic nitrogens is 1. The van der Waals surface area contributed by atoms with Gasteiger partial charge in [0.25, 0.3) is 0 Å². The molecule has 2 atom stereocenters.